The van der Waals surface area contributed by atoms with Crippen LogP contribution >= 0.6 is 0 Å². The Morgan fingerprint density at radius 2 is 1.95 bits per heavy atom. The van der Waals surface area contributed by atoms with E-state index in [1.807, 2.05) is 6.92 Å². The van der Waals surface area contributed by atoms with Crippen LogP contribution in [0.3, 0.4) is 0 Å². The minimum atomic E-state index is -0.573. The Morgan fingerprint density at radius 3 is 2.64 bits per heavy atom. The normalized spacial score (nSPS) is 25.7. The van der Waals surface area contributed by atoms with E-state index in [2.05, 4.69) is 55.8 Å². The Balaban J connectivity index is 1.84. The van der Waals surface area contributed by atoms with Crippen molar-refractivity contribution in [3.05, 3.63) is 35.0 Å². The van der Waals surface area contributed by atoms with E-state index in [1.165, 1.54) is 27.7 Å². The number of aromatic nitrogens is 1. The van der Waals surface area contributed by atoms with Gasteiger partial charge in [-0.2, -0.15) is 0 Å². The highest BCUT2D eigenvalue weighted by atomic mass is 16.3. The Bertz CT molecular complexity index is 697. The first-order valence-electron chi connectivity index (χ1n) is 8.22. The first-order chi connectivity index (χ1) is 10.2. The molecule has 120 valence electrons. The average molecular weight is 300 g/mol. The van der Waals surface area contributed by atoms with Crippen molar-refractivity contribution >= 4 is 10.9 Å². The van der Waals surface area contributed by atoms with Crippen LogP contribution in [0.1, 0.15) is 44.0 Å². The van der Waals surface area contributed by atoms with Crippen molar-refractivity contribution in [3.8, 4) is 0 Å². The molecule has 0 aliphatic carbocycles. The summed E-state index contributed by atoms with van der Waals surface area (Å²) in [5, 5.41) is 11.9. The molecule has 1 aromatic heterocycles. The monoisotopic (exact) mass is 300 g/mol. The van der Waals surface area contributed by atoms with Crippen molar-refractivity contribution in [3.63, 3.8) is 0 Å². The van der Waals surface area contributed by atoms with Gasteiger partial charge < -0.3 is 10.1 Å². The van der Waals surface area contributed by atoms with Gasteiger partial charge in [-0.1, -0.05) is 25.5 Å². The molecule has 0 saturated carbocycles. The smallest absolute Gasteiger partial charge is 0.0694 e. The fraction of sp³-hybridized carbons (Fsp3) is 0.579. The van der Waals surface area contributed by atoms with E-state index in [9.17, 15) is 5.11 Å². The molecule has 2 aromatic rings. The molecule has 0 spiro atoms. The maximum atomic E-state index is 10.6. The van der Waals surface area contributed by atoms with Crippen molar-refractivity contribution in [2.75, 3.05) is 13.1 Å². The fourth-order valence-electron chi connectivity index (χ4n) is 3.54. The third-order valence-corrected chi connectivity index (χ3v) is 5.69. The number of nitrogens with zero attached hydrogens (tertiary/aromatic N) is 1. The summed E-state index contributed by atoms with van der Waals surface area (Å²) in [7, 11) is 0. The van der Waals surface area contributed by atoms with Gasteiger partial charge >= 0.3 is 0 Å². The second-order valence-electron chi connectivity index (χ2n) is 7.90. The van der Waals surface area contributed by atoms with Crippen LogP contribution in [-0.4, -0.2) is 33.7 Å². The average Bonchev–Trinajstić information content (AvgIpc) is 2.71. The first-order valence-corrected chi connectivity index (χ1v) is 8.22. The molecule has 0 radical (unpaired) electrons. The van der Waals surface area contributed by atoms with Crippen molar-refractivity contribution in [1.82, 2.24) is 9.88 Å². The largest absolute Gasteiger partial charge is 0.390 e. The topological polar surface area (TPSA) is 39.3 Å². The van der Waals surface area contributed by atoms with Crippen LogP contribution in [-0.2, 0) is 6.54 Å². The molecule has 2 N–H and O–H groups in total. The van der Waals surface area contributed by atoms with E-state index in [0.29, 0.717) is 0 Å². The van der Waals surface area contributed by atoms with Gasteiger partial charge in [-0.05, 0) is 44.9 Å². The minimum Gasteiger partial charge on any atom is -0.390 e. The molecular weight excluding hydrogens is 272 g/mol. The summed E-state index contributed by atoms with van der Waals surface area (Å²) in [6, 6.07) is 6.59. The van der Waals surface area contributed by atoms with Crippen LogP contribution in [0, 0.1) is 19.3 Å². The molecule has 3 rings (SSSR count). The van der Waals surface area contributed by atoms with Gasteiger partial charge in [0.2, 0.25) is 0 Å². The van der Waals surface area contributed by atoms with E-state index in [-0.39, 0.29) is 5.41 Å². The van der Waals surface area contributed by atoms with E-state index in [1.54, 1.807) is 0 Å². The number of likely N-dealkylation sites (tertiary alicyclic amines) is 1. The highest BCUT2D eigenvalue weighted by Gasteiger charge is 2.43. The third kappa shape index (κ3) is 2.57. The summed E-state index contributed by atoms with van der Waals surface area (Å²) < 4.78 is 0. The predicted octanol–water partition coefficient (Wildman–Crippen LogP) is 3.77. The summed E-state index contributed by atoms with van der Waals surface area (Å²) >= 11 is 0. The Hall–Kier alpha value is -1.32. The maximum Gasteiger partial charge on any atom is 0.0694 e. The van der Waals surface area contributed by atoms with Gasteiger partial charge in [0.1, 0.15) is 0 Å². The Morgan fingerprint density at radius 1 is 1.23 bits per heavy atom. The number of rotatable bonds is 2. The summed E-state index contributed by atoms with van der Waals surface area (Å²) in [5.41, 5.74) is 4.53. The fourth-order valence-corrected chi connectivity index (χ4v) is 3.54. The molecule has 1 aromatic carbocycles. The summed E-state index contributed by atoms with van der Waals surface area (Å²) in [5.74, 6) is 0. The van der Waals surface area contributed by atoms with E-state index < -0.39 is 5.60 Å². The zero-order valence-electron chi connectivity index (χ0n) is 14.5. The van der Waals surface area contributed by atoms with Crippen molar-refractivity contribution in [1.29, 1.82) is 0 Å². The summed E-state index contributed by atoms with van der Waals surface area (Å²) in [6.07, 6.45) is 0.832. The summed E-state index contributed by atoms with van der Waals surface area (Å²) in [6.45, 7) is 13.5. The zero-order valence-corrected chi connectivity index (χ0v) is 14.5. The number of aryl methyl sites for hydroxylation is 2. The van der Waals surface area contributed by atoms with Crippen LogP contribution in [0.4, 0.5) is 0 Å². The molecule has 0 unspecified atom stereocenters. The molecule has 22 heavy (non-hydrogen) atoms. The number of benzene rings is 1. The van der Waals surface area contributed by atoms with Gasteiger partial charge in [-0.25, -0.2) is 0 Å². The van der Waals surface area contributed by atoms with Crippen LogP contribution in [0.2, 0.25) is 0 Å². The molecule has 1 saturated heterocycles. The van der Waals surface area contributed by atoms with Gasteiger partial charge in [-0.3, -0.25) is 4.90 Å². The lowest BCUT2D eigenvalue weighted by Gasteiger charge is -2.48. The van der Waals surface area contributed by atoms with Crippen molar-refractivity contribution in [2.45, 2.75) is 53.2 Å². The van der Waals surface area contributed by atoms with Crippen molar-refractivity contribution in [2.24, 2.45) is 5.41 Å². The predicted molar refractivity (Wildman–Crippen MR) is 92.1 cm³/mol. The molecule has 1 aliphatic heterocycles. The van der Waals surface area contributed by atoms with Crippen LogP contribution in [0.15, 0.2) is 18.2 Å². The molecule has 3 nitrogen and oxygen atoms in total. The van der Waals surface area contributed by atoms with Crippen LogP contribution in [0.5, 0.6) is 0 Å². The molecule has 1 aliphatic rings. The van der Waals surface area contributed by atoms with Crippen molar-refractivity contribution < 1.29 is 5.11 Å². The standard InChI is InChI=1S/C19H28N2O/c1-13-6-7-16-15(10-13)14(2)17(20-16)11-21-9-8-19(5,22)18(3,4)12-21/h6-7,10,20,22H,8-9,11-12H2,1-5H3/t19-/m0/s1. The number of nitrogens with one attached hydrogen (secondary N) is 1. The van der Waals surface area contributed by atoms with Gasteiger partial charge in [0, 0.05) is 41.6 Å². The third-order valence-electron chi connectivity index (χ3n) is 5.69. The summed E-state index contributed by atoms with van der Waals surface area (Å²) in [4.78, 5) is 6.04. The quantitative estimate of drug-likeness (QED) is 0.886. The second kappa shape index (κ2) is 5.10. The highest BCUT2D eigenvalue weighted by molar-refractivity contribution is 5.85. The number of piperidine rings is 1. The molecule has 3 heteroatoms. The van der Waals surface area contributed by atoms with E-state index in [4.69, 9.17) is 0 Å². The maximum absolute atomic E-state index is 10.6. The Labute approximate surface area is 133 Å². The second-order valence-corrected chi connectivity index (χ2v) is 7.90. The number of aromatic amines is 1. The molecule has 0 amide bonds. The van der Waals surface area contributed by atoms with Gasteiger partial charge in [-0.15, -0.1) is 0 Å². The van der Waals surface area contributed by atoms with Gasteiger partial charge in [0.25, 0.3) is 0 Å². The number of hydrogen-bond acceptors (Lipinski definition) is 2. The van der Waals surface area contributed by atoms with E-state index >= 15 is 0 Å². The van der Waals surface area contributed by atoms with Crippen LogP contribution < -0.4 is 0 Å². The minimum absolute atomic E-state index is 0.0816. The highest BCUT2D eigenvalue weighted by Crippen LogP contribution is 2.38. The zero-order chi connectivity index (χ0) is 16.1. The molecular formula is C19H28N2O. The number of aliphatic hydroxyl groups is 1. The SMILES string of the molecule is Cc1ccc2[nH]c(CN3CC[C@](C)(O)C(C)(C)C3)c(C)c2c1. The first kappa shape index (κ1) is 15.6. The Kier molecular flexibility index (Phi) is 3.61. The number of fused-ring (bicyclic) bond motifs is 1. The van der Waals surface area contributed by atoms with Crippen LogP contribution in [0.25, 0.3) is 10.9 Å². The lowest BCUT2D eigenvalue weighted by Crippen LogP contribution is -2.55. The molecule has 1 atom stereocenters. The molecule has 1 fully saturated rings. The number of hydrogen-bond donors (Lipinski definition) is 2. The van der Waals surface area contributed by atoms with E-state index in [0.717, 1.165) is 26.1 Å². The number of H-pyrrole nitrogens is 1. The lowest BCUT2D eigenvalue weighted by molar-refractivity contribution is -0.107. The van der Waals surface area contributed by atoms with Gasteiger partial charge in [0.15, 0.2) is 0 Å². The van der Waals surface area contributed by atoms with Gasteiger partial charge in [0.05, 0.1) is 5.60 Å². The molecule has 2 heterocycles. The molecule has 0 bridgehead atoms. The lowest BCUT2D eigenvalue weighted by atomic mass is 9.71.